The number of anilines is 1. The van der Waals surface area contributed by atoms with Crippen molar-refractivity contribution < 1.29 is 19.1 Å². The minimum absolute atomic E-state index is 0.0415. The predicted molar refractivity (Wildman–Crippen MR) is 117 cm³/mol. The number of nitro groups is 1. The molecule has 0 amide bonds. The highest BCUT2D eigenvalue weighted by Crippen LogP contribution is 2.43. The number of rotatable bonds is 6. The zero-order valence-electron chi connectivity index (χ0n) is 17.7. The second-order valence-electron chi connectivity index (χ2n) is 7.16. The van der Waals surface area contributed by atoms with Crippen molar-refractivity contribution in [2.45, 2.75) is 19.3 Å². The van der Waals surface area contributed by atoms with Gasteiger partial charge in [-0.3, -0.25) is 10.1 Å². The van der Waals surface area contributed by atoms with Crippen molar-refractivity contribution in [3.63, 3.8) is 0 Å². The molecule has 0 unspecified atom stereocenters. The SMILES string of the molecule is COc1cc(-c2nn(-c3ccc([N+](=O)[O-])cc3)c3c2CCCCN3)cc(OC)c1OC. The zero-order chi connectivity index (χ0) is 22.0. The molecule has 1 aromatic heterocycles. The van der Waals surface area contributed by atoms with Crippen LogP contribution in [0, 0.1) is 10.1 Å². The van der Waals surface area contributed by atoms with Gasteiger partial charge in [0.1, 0.15) is 5.82 Å². The third-order valence-corrected chi connectivity index (χ3v) is 5.37. The van der Waals surface area contributed by atoms with Gasteiger partial charge in [-0.05, 0) is 43.5 Å². The summed E-state index contributed by atoms with van der Waals surface area (Å²) in [5.41, 5.74) is 3.52. The highest BCUT2D eigenvalue weighted by Gasteiger charge is 2.24. The molecular weight excluding hydrogens is 400 g/mol. The molecule has 0 atom stereocenters. The number of methoxy groups -OCH3 is 3. The number of nitro benzene ring substituents is 1. The molecule has 0 bridgehead atoms. The third-order valence-electron chi connectivity index (χ3n) is 5.37. The van der Waals surface area contributed by atoms with Crippen LogP contribution in [0.1, 0.15) is 18.4 Å². The van der Waals surface area contributed by atoms with Crippen molar-refractivity contribution in [1.29, 1.82) is 0 Å². The molecule has 1 aliphatic heterocycles. The molecule has 0 aliphatic carbocycles. The number of benzene rings is 2. The van der Waals surface area contributed by atoms with Crippen molar-refractivity contribution in [1.82, 2.24) is 9.78 Å². The first-order valence-electron chi connectivity index (χ1n) is 9.98. The van der Waals surface area contributed by atoms with Gasteiger partial charge < -0.3 is 19.5 Å². The second kappa shape index (κ2) is 8.55. The van der Waals surface area contributed by atoms with E-state index in [1.807, 2.05) is 16.8 Å². The van der Waals surface area contributed by atoms with Gasteiger partial charge in [-0.2, -0.15) is 5.10 Å². The fourth-order valence-corrected chi connectivity index (χ4v) is 3.85. The number of nitrogens with one attached hydrogen (secondary N) is 1. The van der Waals surface area contributed by atoms with Gasteiger partial charge in [0, 0.05) is 29.8 Å². The molecule has 1 N–H and O–H groups in total. The van der Waals surface area contributed by atoms with Crippen molar-refractivity contribution in [2.75, 3.05) is 33.2 Å². The average Bonchev–Trinajstić information content (AvgIpc) is 2.98. The number of hydrogen-bond acceptors (Lipinski definition) is 7. The molecule has 2 aromatic carbocycles. The number of fused-ring (bicyclic) bond motifs is 1. The van der Waals surface area contributed by atoms with Crippen molar-refractivity contribution in [3.8, 4) is 34.2 Å². The molecule has 0 spiro atoms. The quantitative estimate of drug-likeness (QED) is 0.467. The van der Waals surface area contributed by atoms with Crippen LogP contribution in [0.5, 0.6) is 17.2 Å². The first-order valence-corrected chi connectivity index (χ1v) is 9.98. The van der Waals surface area contributed by atoms with E-state index in [1.165, 1.54) is 12.1 Å². The lowest BCUT2D eigenvalue weighted by molar-refractivity contribution is -0.384. The normalized spacial score (nSPS) is 13.0. The second-order valence-corrected chi connectivity index (χ2v) is 7.16. The summed E-state index contributed by atoms with van der Waals surface area (Å²) in [7, 11) is 4.73. The van der Waals surface area contributed by atoms with Crippen LogP contribution in [0.15, 0.2) is 36.4 Å². The van der Waals surface area contributed by atoms with Crippen LogP contribution in [0.4, 0.5) is 11.5 Å². The number of ether oxygens (including phenoxy) is 3. The molecule has 2 heterocycles. The predicted octanol–water partition coefficient (Wildman–Crippen LogP) is 4.22. The molecule has 0 saturated heterocycles. The minimum atomic E-state index is -0.410. The van der Waals surface area contributed by atoms with E-state index in [-0.39, 0.29) is 5.69 Å². The Morgan fingerprint density at radius 3 is 2.29 bits per heavy atom. The summed E-state index contributed by atoms with van der Waals surface area (Å²) in [6.07, 6.45) is 2.94. The van der Waals surface area contributed by atoms with E-state index in [9.17, 15) is 10.1 Å². The zero-order valence-corrected chi connectivity index (χ0v) is 17.7. The summed E-state index contributed by atoms with van der Waals surface area (Å²) in [5.74, 6) is 2.53. The van der Waals surface area contributed by atoms with E-state index in [4.69, 9.17) is 19.3 Å². The standard InChI is InChI=1S/C22H24N4O5/c1-29-18-12-14(13-19(30-2)21(18)31-3)20-17-6-4-5-11-23-22(17)25(24-20)15-7-9-16(10-8-15)26(27)28/h7-10,12-13,23H,4-6,11H2,1-3H3. The summed E-state index contributed by atoms with van der Waals surface area (Å²) in [6, 6.07) is 10.1. The van der Waals surface area contributed by atoms with E-state index >= 15 is 0 Å². The maximum absolute atomic E-state index is 11.0. The maximum atomic E-state index is 11.0. The topological polar surface area (TPSA) is 101 Å². The van der Waals surface area contributed by atoms with Crippen LogP contribution in [0.25, 0.3) is 16.9 Å². The monoisotopic (exact) mass is 424 g/mol. The molecule has 162 valence electrons. The van der Waals surface area contributed by atoms with E-state index < -0.39 is 4.92 Å². The smallest absolute Gasteiger partial charge is 0.269 e. The Kier molecular flexibility index (Phi) is 5.66. The minimum Gasteiger partial charge on any atom is -0.493 e. The van der Waals surface area contributed by atoms with E-state index in [0.717, 1.165) is 54.1 Å². The lowest BCUT2D eigenvalue weighted by Gasteiger charge is -2.14. The van der Waals surface area contributed by atoms with Gasteiger partial charge in [-0.1, -0.05) is 0 Å². The Labute approximate surface area is 179 Å². The van der Waals surface area contributed by atoms with Crippen LogP contribution in [-0.2, 0) is 6.42 Å². The summed E-state index contributed by atoms with van der Waals surface area (Å²) >= 11 is 0. The van der Waals surface area contributed by atoms with Crippen LogP contribution in [0.2, 0.25) is 0 Å². The molecule has 0 fully saturated rings. The number of nitrogens with zero attached hydrogens (tertiary/aromatic N) is 3. The largest absolute Gasteiger partial charge is 0.493 e. The highest BCUT2D eigenvalue weighted by atomic mass is 16.6. The van der Waals surface area contributed by atoms with Gasteiger partial charge in [0.25, 0.3) is 5.69 Å². The van der Waals surface area contributed by atoms with E-state index in [2.05, 4.69) is 5.32 Å². The van der Waals surface area contributed by atoms with Gasteiger partial charge >= 0.3 is 0 Å². The number of aromatic nitrogens is 2. The van der Waals surface area contributed by atoms with Gasteiger partial charge in [0.2, 0.25) is 5.75 Å². The number of non-ortho nitro benzene ring substituents is 1. The van der Waals surface area contributed by atoms with Gasteiger partial charge in [0.05, 0.1) is 37.6 Å². The maximum Gasteiger partial charge on any atom is 0.269 e. The van der Waals surface area contributed by atoms with Crippen LogP contribution < -0.4 is 19.5 Å². The first-order chi connectivity index (χ1) is 15.1. The third kappa shape index (κ3) is 3.74. The molecule has 9 heteroatoms. The lowest BCUT2D eigenvalue weighted by Crippen LogP contribution is -2.07. The molecule has 0 radical (unpaired) electrons. The first kappa shape index (κ1) is 20.5. The van der Waals surface area contributed by atoms with Crippen LogP contribution >= 0.6 is 0 Å². The van der Waals surface area contributed by atoms with E-state index in [0.29, 0.717) is 17.2 Å². The fraction of sp³-hybridized carbons (Fsp3) is 0.318. The van der Waals surface area contributed by atoms with Crippen LogP contribution in [0.3, 0.4) is 0 Å². The lowest BCUT2D eigenvalue weighted by atomic mass is 10.0. The summed E-state index contributed by atoms with van der Waals surface area (Å²) in [4.78, 5) is 10.6. The molecule has 1 aliphatic rings. The molecule has 31 heavy (non-hydrogen) atoms. The van der Waals surface area contributed by atoms with Crippen molar-refractivity contribution in [3.05, 3.63) is 52.1 Å². The molecule has 9 nitrogen and oxygen atoms in total. The average molecular weight is 424 g/mol. The van der Waals surface area contributed by atoms with Gasteiger partial charge in [0.15, 0.2) is 11.5 Å². The number of hydrogen-bond donors (Lipinski definition) is 1. The summed E-state index contributed by atoms with van der Waals surface area (Å²) < 4.78 is 18.3. The fourth-order valence-electron chi connectivity index (χ4n) is 3.85. The highest BCUT2D eigenvalue weighted by molar-refractivity contribution is 5.75. The Morgan fingerprint density at radius 1 is 1.03 bits per heavy atom. The van der Waals surface area contributed by atoms with Crippen molar-refractivity contribution >= 4 is 11.5 Å². The Balaban J connectivity index is 1.89. The Hall–Kier alpha value is -3.75. The molecular formula is C22H24N4O5. The van der Waals surface area contributed by atoms with Gasteiger partial charge in [-0.25, -0.2) is 4.68 Å². The molecule has 3 aromatic rings. The van der Waals surface area contributed by atoms with Crippen LogP contribution in [-0.4, -0.2) is 42.6 Å². The van der Waals surface area contributed by atoms with Gasteiger partial charge in [-0.15, -0.1) is 0 Å². The molecule has 0 saturated carbocycles. The summed E-state index contributed by atoms with van der Waals surface area (Å²) in [6.45, 7) is 0.834. The molecule has 4 rings (SSSR count). The van der Waals surface area contributed by atoms with Crippen molar-refractivity contribution in [2.24, 2.45) is 0 Å². The summed E-state index contributed by atoms with van der Waals surface area (Å²) in [5, 5.41) is 19.4. The Bertz CT molecular complexity index is 1080. The van der Waals surface area contributed by atoms with E-state index in [1.54, 1.807) is 33.5 Å². The Morgan fingerprint density at radius 2 is 1.71 bits per heavy atom.